The van der Waals surface area contributed by atoms with Gasteiger partial charge in [-0.25, -0.2) is 0 Å². The lowest BCUT2D eigenvalue weighted by molar-refractivity contribution is 0.484. The van der Waals surface area contributed by atoms with Gasteiger partial charge < -0.3 is 0 Å². The van der Waals surface area contributed by atoms with Gasteiger partial charge in [-0.15, -0.1) is 0 Å². The molecule has 21 heavy (non-hydrogen) atoms. The van der Waals surface area contributed by atoms with Crippen LogP contribution in [0.4, 0.5) is 0 Å². The molecule has 1 N–H and O–H groups in total. The minimum atomic E-state index is -4.39. The van der Waals surface area contributed by atoms with Crippen LogP contribution in [0.15, 0.2) is 53.4 Å². The number of halogens is 1. The minimum Gasteiger partial charge on any atom is -0.282 e. The lowest BCUT2D eigenvalue weighted by Gasteiger charge is -2.13. The maximum atomic E-state index is 11.7. The Morgan fingerprint density at radius 2 is 1.48 bits per heavy atom. The van der Waals surface area contributed by atoms with Gasteiger partial charge >= 0.3 is 0 Å². The predicted molar refractivity (Wildman–Crippen MR) is 85.0 cm³/mol. The van der Waals surface area contributed by atoms with Crippen molar-refractivity contribution in [1.82, 2.24) is 0 Å². The van der Waals surface area contributed by atoms with Gasteiger partial charge in [-0.2, -0.15) is 8.42 Å². The summed E-state index contributed by atoms with van der Waals surface area (Å²) in [7, 11) is -4.39. The first kappa shape index (κ1) is 12.8. The summed E-state index contributed by atoms with van der Waals surface area (Å²) in [6.07, 6.45) is 0. The first-order valence-electron chi connectivity index (χ1n) is 6.30. The third-order valence-electron chi connectivity index (χ3n) is 3.81. The normalized spacial score (nSPS) is 12.7. The Balaban J connectivity index is 2.41. The van der Waals surface area contributed by atoms with Gasteiger partial charge in [0.15, 0.2) is 0 Å². The molecule has 0 aliphatic carbocycles. The molecule has 104 valence electrons. The van der Waals surface area contributed by atoms with Crippen molar-refractivity contribution in [3.63, 3.8) is 0 Å². The summed E-state index contributed by atoms with van der Waals surface area (Å²) in [4.78, 5) is -0.227. The summed E-state index contributed by atoms with van der Waals surface area (Å²) in [5.41, 5.74) is 0. The average Bonchev–Trinajstić information content (AvgIpc) is 2.42. The molecular weight excluding hydrogens is 308 g/mol. The fourth-order valence-electron chi connectivity index (χ4n) is 3.01. The second-order valence-electron chi connectivity index (χ2n) is 5.02. The van der Waals surface area contributed by atoms with Crippen LogP contribution in [0.3, 0.4) is 0 Å². The van der Waals surface area contributed by atoms with E-state index in [1.165, 1.54) is 0 Å². The van der Waals surface area contributed by atoms with Crippen LogP contribution in [0.1, 0.15) is 0 Å². The van der Waals surface area contributed by atoms with E-state index in [9.17, 15) is 13.0 Å². The van der Waals surface area contributed by atoms with E-state index in [2.05, 4.69) is 0 Å². The molecule has 0 spiro atoms. The van der Waals surface area contributed by atoms with Crippen molar-refractivity contribution in [2.24, 2.45) is 0 Å². The van der Waals surface area contributed by atoms with Crippen molar-refractivity contribution in [2.75, 3.05) is 0 Å². The second-order valence-corrected chi connectivity index (χ2v) is 6.78. The fraction of sp³-hybridized carbons (Fsp3) is 0. The summed E-state index contributed by atoms with van der Waals surface area (Å²) in [6, 6.07) is 14.9. The van der Waals surface area contributed by atoms with Crippen molar-refractivity contribution >= 4 is 54.0 Å². The standard InChI is InChI=1S/C16H9ClO3S/c17-13-8-11-5-4-9-2-1-3-10-6-7-12(15(11)14(9)10)16(13)21(18,19)20/h1-8H,(H,18,19,20). The van der Waals surface area contributed by atoms with E-state index in [1.807, 2.05) is 36.4 Å². The molecule has 0 amide bonds. The molecule has 0 radical (unpaired) electrons. The van der Waals surface area contributed by atoms with Crippen molar-refractivity contribution in [1.29, 1.82) is 0 Å². The maximum absolute atomic E-state index is 11.7. The zero-order valence-electron chi connectivity index (χ0n) is 10.7. The van der Waals surface area contributed by atoms with Gasteiger partial charge in [-0.05, 0) is 33.0 Å². The highest BCUT2D eigenvalue weighted by Crippen LogP contribution is 2.40. The third kappa shape index (κ3) is 1.73. The zero-order valence-corrected chi connectivity index (χ0v) is 12.2. The van der Waals surface area contributed by atoms with Gasteiger partial charge in [-0.1, -0.05) is 54.1 Å². The third-order valence-corrected chi connectivity index (χ3v) is 5.18. The second kappa shape index (κ2) is 4.07. The number of hydrogen-bond donors (Lipinski definition) is 1. The minimum absolute atomic E-state index is 0.0309. The van der Waals surface area contributed by atoms with Gasteiger partial charge in [0.1, 0.15) is 4.90 Å². The van der Waals surface area contributed by atoms with E-state index in [1.54, 1.807) is 12.1 Å². The van der Waals surface area contributed by atoms with Crippen molar-refractivity contribution < 1.29 is 13.0 Å². The summed E-state index contributed by atoms with van der Waals surface area (Å²) in [5, 5.41) is 5.17. The van der Waals surface area contributed by atoms with Gasteiger partial charge in [0.25, 0.3) is 10.1 Å². The molecule has 0 aliphatic rings. The van der Waals surface area contributed by atoms with Crippen molar-refractivity contribution in [2.45, 2.75) is 4.90 Å². The summed E-state index contributed by atoms with van der Waals surface area (Å²) in [5.74, 6) is 0. The first-order chi connectivity index (χ1) is 9.97. The Morgan fingerprint density at radius 1 is 0.857 bits per heavy atom. The first-order valence-corrected chi connectivity index (χ1v) is 8.12. The van der Waals surface area contributed by atoms with Crippen LogP contribution >= 0.6 is 11.6 Å². The highest BCUT2D eigenvalue weighted by molar-refractivity contribution is 7.86. The van der Waals surface area contributed by atoms with E-state index in [0.29, 0.717) is 5.39 Å². The predicted octanol–water partition coefficient (Wildman–Crippen LogP) is 4.48. The molecule has 0 aromatic heterocycles. The Labute approximate surface area is 125 Å². The Morgan fingerprint density at radius 3 is 2.14 bits per heavy atom. The smallest absolute Gasteiger partial charge is 0.282 e. The van der Waals surface area contributed by atoms with E-state index < -0.39 is 10.1 Å². The molecule has 0 heterocycles. The van der Waals surface area contributed by atoms with E-state index in [0.717, 1.165) is 26.9 Å². The monoisotopic (exact) mass is 316 g/mol. The highest BCUT2D eigenvalue weighted by Gasteiger charge is 2.21. The van der Waals surface area contributed by atoms with Crippen LogP contribution < -0.4 is 0 Å². The maximum Gasteiger partial charge on any atom is 0.296 e. The number of hydrogen-bond acceptors (Lipinski definition) is 2. The topological polar surface area (TPSA) is 54.4 Å². The Hall–Kier alpha value is -1.88. The van der Waals surface area contributed by atoms with Crippen LogP contribution in [0.25, 0.3) is 32.3 Å². The van der Waals surface area contributed by atoms with Crippen LogP contribution in [0.5, 0.6) is 0 Å². The molecule has 4 aromatic rings. The molecule has 0 bridgehead atoms. The summed E-state index contributed by atoms with van der Waals surface area (Å²) in [6.45, 7) is 0. The van der Waals surface area contributed by atoms with Crippen molar-refractivity contribution in [3.05, 3.63) is 53.6 Å². The number of rotatable bonds is 1. The quantitative estimate of drug-likeness (QED) is 0.416. The molecule has 3 nitrogen and oxygen atoms in total. The fourth-order valence-corrected chi connectivity index (χ4v) is 4.28. The van der Waals surface area contributed by atoms with Crippen molar-refractivity contribution in [3.8, 4) is 0 Å². The molecule has 0 saturated heterocycles. The molecular formula is C16H9ClO3S. The van der Waals surface area contributed by atoms with Crippen LogP contribution in [0.2, 0.25) is 5.02 Å². The molecule has 0 fully saturated rings. The lowest BCUT2D eigenvalue weighted by Crippen LogP contribution is -2.01. The van der Waals surface area contributed by atoms with Gasteiger partial charge in [0, 0.05) is 5.39 Å². The summed E-state index contributed by atoms with van der Waals surface area (Å²) < 4.78 is 32.8. The van der Waals surface area contributed by atoms with E-state index >= 15 is 0 Å². The van der Waals surface area contributed by atoms with Gasteiger partial charge in [0.2, 0.25) is 0 Å². The molecule has 4 aromatic carbocycles. The number of benzene rings is 4. The zero-order chi connectivity index (χ0) is 14.8. The molecule has 4 rings (SSSR count). The summed E-state index contributed by atoms with van der Waals surface area (Å²) >= 11 is 6.07. The van der Waals surface area contributed by atoms with E-state index in [4.69, 9.17) is 11.6 Å². The molecule has 0 atom stereocenters. The molecule has 5 heteroatoms. The lowest BCUT2D eigenvalue weighted by atomic mass is 9.94. The van der Waals surface area contributed by atoms with E-state index in [-0.39, 0.29) is 9.92 Å². The largest absolute Gasteiger partial charge is 0.296 e. The Bertz CT molecular complexity index is 1100. The molecule has 0 aliphatic heterocycles. The van der Waals surface area contributed by atoms with Crippen LogP contribution in [-0.4, -0.2) is 13.0 Å². The average molecular weight is 317 g/mol. The van der Waals surface area contributed by atoms with Crippen LogP contribution in [0, 0.1) is 0 Å². The molecule has 0 saturated carbocycles. The van der Waals surface area contributed by atoms with Gasteiger partial charge in [0.05, 0.1) is 5.02 Å². The SMILES string of the molecule is O=S(=O)(O)c1c(Cl)cc2ccc3cccc4ccc1c2c34. The van der Waals surface area contributed by atoms with Crippen LogP contribution in [-0.2, 0) is 10.1 Å². The molecule has 0 unspecified atom stereocenters. The van der Waals surface area contributed by atoms with Gasteiger partial charge in [-0.3, -0.25) is 4.55 Å². The highest BCUT2D eigenvalue weighted by atomic mass is 35.5. The Kier molecular flexibility index (Phi) is 2.49.